The van der Waals surface area contributed by atoms with E-state index >= 15 is 0 Å². The summed E-state index contributed by atoms with van der Waals surface area (Å²) in [6.45, 7) is 2.09. The molecule has 0 aromatic rings. The van der Waals surface area contributed by atoms with Crippen LogP contribution in [0.25, 0.3) is 0 Å². The van der Waals surface area contributed by atoms with Crippen LogP contribution in [0.2, 0.25) is 0 Å². The van der Waals surface area contributed by atoms with E-state index in [0.717, 1.165) is 0 Å². The van der Waals surface area contributed by atoms with E-state index in [4.69, 9.17) is 9.84 Å². The standard InChI is InChI=1S/C5H12O3/c1-5(7-2)3-8-4-6/h5-6H,3-4H2,1-2H3. The van der Waals surface area contributed by atoms with E-state index in [1.807, 2.05) is 6.92 Å². The molecule has 0 aliphatic rings. The van der Waals surface area contributed by atoms with Crippen molar-refractivity contribution in [2.75, 3.05) is 20.5 Å². The third-order valence-electron chi connectivity index (χ3n) is 0.846. The smallest absolute Gasteiger partial charge is 0.143 e. The van der Waals surface area contributed by atoms with Gasteiger partial charge in [0.1, 0.15) is 6.79 Å². The van der Waals surface area contributed by atoms with Crippen molar-refractivity contribution in [3.63, 3.8) is 0 Å². The Kier molecular flexibility index (Phi) is 4.95. The van der Waals surface area contributed by atoms with Gasteiger partial charge in [0.25, 0.3) is 0 Å². The zero-order valence-corrected chi connectivity index (χ0v) is 5.26. The first-order chi connectivity index (χ1) is 3.81. The van der Waals surface area contributed by atoms with Gasteiger partial charge in [0.05, 0.1) is 12.7 Å². The van der Waals surface area contributed by atoms with Gasteiger partial charge in [0.2, 0.25) is 0 Å². The zero-order valence-electron chi connectivity index (χ0n) is 5.26. The van der Waals surface area contributed by atoms with E-state index in [9.17, 15) is 0 Å². The highest BCUT2D eigenvalue weighted by molar-refractivity contribution is 4.41. The second-order valence-electron chi connectivity index (χ2n) is 1.55. The maximum atomic E-state index is 8.13. The van der Waals surface area contributed by atoms with Crippen molar-refractivity contribution in [1.29, 1.82) is 0 Å². The molecule has 0 saturated heterocycles. The number of methoxy groups -OCH3 is 1. The normalized spacial score (nSPS) is 13.9. The van der Waals surface area contributed by atoms with Crippen LogP contribution in [0.1, 0.15) is 6.92 Å². The second-order valence-corrected chi connectivity index (χ2v) is 1.55. The summed E-state index contributed by atoms with van der Waals surface area (Å²) in [7, 11) is 1.60. The van der Waals surface area contributed by atoms with Crippen LogP contribution < -0.4 is 0 Å². The molecular weight excluding hydrogens is 108 g/mol. The summed E-state index contributed by atoms with van der Waals surface area (Å²) >= 11 is 0. The fraction of sp³-hybridized carbons (Fsp3) is 1.00. The van der Waals surface area contributed by atoms with Gasteiger partial charge in [0.15, 0.2) is 0 Å². The number of hydrogen-bond donors (Lipinski definition) is 1. The van der Waals surface area contributed by atoms with Crippen molar-refractivity contribution in [1.82, 2.24) is 0 Å². The number of ether oxygens (including phenoxy) is 2. The molecule has 0 amide bonds. The lowest BCUT2D eigenvalue weighted by molar-refractivity contribution is -0.0475. The van der Waals surface area contributed by atoms with E-state index in [0.29, 0.717) is 6.61 Å². The monoisotopic (exact) mass is 120 g/mol. The Morgan fingerprint density at radius 2 is 2.25 bits per heavy atom. The first-order valence-electron chi connectivity index (χ1n) is 2.52. The Labute approximate surface area is 49.2 Å². The average molecular weight is 120 g/mol. The van der Waals surface area contributed by atoms with Gasteiger partial charge < -0.3 is 14.6 Å². The van der Waals surface area contributed by atoms with Crippen LogP contribution in [0.4, 0.5) is 0 Å². The Morgan fingerprint density at radius 3 is 2.62 bits per heavy atom. The second kappa shape index (κ2) is 5.03. The summed E-state index contributed by atoms with van der Waals surface area (Å²) < 4.78 is 9.43. The molecule has 1 N–H and O–H groups in total. The molecule has 0 aromatic heterocycles. The van der Waals surface area contributed by atoms with Gasteiger partial charge in [-0.05, 0) is 6.92 Å². The average Bonchev–Trinajstić information content (AvgIpc) is 1.83. The summed E-state index contributed by atoms with van der Waals surface area (Å²) in [6, 6.07) is 0. The van der Waals surface area contributed by atoms with Crippen molar-refractivity contribution in [2.45, 2.75) is 13.0 Å². The van der Waals surface area contributed by atoms with Crippen LogP contribution in [0, 0.1) is 0 Å². The molecule has 50 valence electrons. The van der Waals surface area contributed by atoms with Gasteiger partial charge in [-0.3, -0.25) is 0 Å². The molecule has 0 heterocycles. The maximum Gasteiger partial charge on any atom is 0.143 e. The van der Waals surface area contributed by atoms with Crippen molar-refractivity contribution in [3.05, 3.63) is 0 Å². The van der Waals surface area contributed by atoms with Crippen molar-refractivity contribution >= 4 is 0 Å². The fourth-order valence-electron chi connectivity index (χ4n) is 0.287. The number of aliphatic hydroxyl groups is 1. The predicted molar refractivity (Wildman–Crippen MR) is 29.5 cm³/mol. The van der Waals surface area contributed by atoms with Crippen LogP contribution in [-0.4, -0.2) is 31.7 Å². The fourth-order valence-corrected chi connectivity index (χ4v) is 0.287. The van der Waals surface area contributed by atoms with Crippen molar-refractivity contribution < 1.29 is 14.6 Å². The quantitative estimate of drug-likeness (QED) is 0.530. The van der Waals surface area contributed by atoms with Gasteiger partial charge in [0, 0.05) is 7.11 Å². The zero-order chi connectivity index (χ0) is 6.41. The maximum absolute atomic E-state index is 8.13. The lowest BCUT2D eigenvalue weighted by Crippen LogP contribution is -2.13. The van der Waals surface area contributed by atoms with E-state index in [2.05, 4.69) is 4.74 Å². The minimum Gasteiger partial charge on any atom is -0.379 e. The highest BCUT2D eigenvalue weighted by Gasteiger charge is 1.95. The molecule has 0 radical (unpaired) electrons. The molecule has 8 heavy (non-hydrogen) atoms. The Balaban J connectivity index is 2.86. The first-order valence-corrected chi connectivity index (χ1v) is 2.52. The molecule has 0 fully saturated rings. The molecule has 0 spiro atoms. The lowest BCUT2D eigenvalue weighted by atomic mass is 10.4. The van der Waals surface area contributed by atoms with Crippen LogP contribution in [0.3, 0.4) is 0 Å². The van der Waals surface area contributed by atoms with Gasteiger partial charge in [-0.25, -0.2) is 0 Å². The van der Waals surface area contributed by atoms with Crippen LogP contribution >= 0.6 is 0 Å². The van der Waals surface area contributed by atoms with E-state index in [1.54, 1.807) is 7.11 Å². The van der Waals surface area contributed by atoms with Crippen LogP contribution in [-0.2, 0) is 9.47 Å². The lowest BCUT2D eigenvalue weighted by Gasteiger charge is -2.06. The van der Waals surface area contributed by atoms with Gasteiger partial charge in [-0.2, -0.15) is 0 Å². The first kappa shape index (κ1) is 7.88. The minimum absolute atomic E-state index is 0.0714. The summed E-state index contributed by atoms with van der Waals surface area (Å²) in [6.07, 6.45) is 0.0714. The summed E-state index contributed by atoms with van der Waals surface area (Å²) in [5, 5.41) is 8.13. The van der Waals surface area contributed by atoms with Crippen molar-refractivity contribution in [3.8, 4) is 0 Å². The largest absolute Gasteiger partial charge is 0.379 e. The SMILES string of the molecule is COC(C)COCO. The molecule has 0 bridgehead atoms. The number of hydrogen-bond acceptors (Lipinski definition) is 3. The number of aliphatic hydroxyl groups excluding tert-OH is 1. The Hall–Kier alpha value is -0.120. The molecule has 0 aromatic carbocycles. The van der Waals surface area contributed by atoms with E-state index < -0.39 is 0 Å². The molecule has 0 rings (SSSR count). The molecule has 0 aliphatic heterocycles. The van der Waals surface area contributed by atoms with Gasteiger partial charge in [-0.1, -0.05) is 0 Å². The summed E-state index contributed by atoms with van der Waals surface area (Å²) in [5.74, 6) is 0. The minimum atomic E-state index is -0.228. The highest BCUT2D eigenvalue weighted by atomic mass is 16.6. The van der Waals surface area contributed by atoms with Crippen LogP contribution in [0.5, 0.6) is 0 Å². The third kappa shape index (κ3) is 4.05. The molecular formula is C5H12O3. The summed E-state index contributed by atoms with van der Waals surface area (Å²) in [5.41, 5.74) is 0. The summed E-state index contributed by atoms with van der Waals surface area (Å²) in [4.78, 5) is 0. The van der Waals surface area contributed by atoms with E-state index in [-0.39, 0.29) is 12.9 Å². The molecule has 0 aliphatic carbocycles. The van der Waals surface area contributed by atoms with Crippen LogP contribution in [0.15, 0.2) is 0 Å². The molecule has 1 atom stereocenters. The molecule has 3 nitrogen and oxygen atoms in total. The Bertz CT molecular complexity index is 46.9. The van der Waals surface area contributed by atoms with Gasteiger partial charge >= 0.3 is 0 Å². The van der Waals surface area contributed by atoms with Gasteiger partial charge in [-0.15, -0.1) is 0 Å². The molecule has 0 saturated carbocycles. The molecule has 1 unspecified atom stereocenters. The van der Waals surface area contributed by atoms with E-state index in [1.165, 1.54) is 0 Å². The number of rotatable bonds is 4. The predicted octanol–water partition coefficient (Wildman–Crippen LogP) is -0.0123. The third-order valence-corrected chi connectivity index (χ3v) is 0.846. The highest BCUT2D eigenvalue weighted by Crippen LogP contribution is 1.86. The molecule has 3 heteroatoms. The van der Waals surface area contributed by atoms with Crippen molar-refractivity contribution in [2.24, 2.45) is 0 Å². The Morgan fingerprint density at radius 1 is 1.62 bits per heavy atom. The topological polar surface area (TPSA) is 38.7 Å².